The first-order valence-electron chi connectivity index (χ1n) is 5.55. The molecular formula is C11H14ClF2N3. The third kappa shape index (κ3) is 3.04. The van der Waals surface area contributed by atoms with Crippen LogP contribution in [0.1, 0.15) is 0 Å². The van der Waals surface area contributed by atoms with Gasteiger partial charge in [0.1, 0.15) is 5.82 Å². The second kappa shape index (κ2) is 5.60. The van der Waals surface area contributed by atoms with E-state index in [1.807, 2.05) is 4.90 Å². The van der Waals surface area contributed by atoms with Crippen molar-refractivity contribution in [3.8, 4) is 0 Å². The quantitative estimate of drug-likeness (QED) is 0.773. The average molecular weight is 262 g/mol. The van der Waals surface area contributed by atoms with Crippen molar-refractivity contribution in [1.29, 1.82) is 0 Å². The molecule has 0 atom stereocenters. The number of rotatable bonds is 3. The van der Waals surface area contributed by atoms with Gasteiger partial charge in [0.25, 0.3) is 0 Å². The van der Waals surface area contributed by atoms with E-state index in [-0.39, 0.29) is 5.82 Å². The van der Waals surface area contributed by atoms with Gasteiger partial charge >= 0.3 is 0 Å². The van der Waals surface area contributed by atoms with Crippen molar-refractivity contribution in [2.75, 3.05) is 43.5 Å². The lowest BCUT2D eigenvalue weighted by Gasteiger charge is -2.35. The molecule has 17 heavy (non-hydrogen) atoms. The monoisotopic (exact) mass is 261 g/mol. The Morgan fingerprint density at radius 2 is 1.94 bits per heavy atom. The van der Waals surface area contributed by atoms with Crippen LogP contribution >= 0.6 is 11.6 Å². The van der Waals surface area contributed by atoms with E-state index >= 15 is 0 Å². The highest BCUT2D eigenvalue weighted by Gasteiger charge is 2.20. The zero-order valence-corrected chi connectivity index (χ0v) is 10.1. The van der Waals surface area contributed by atoms with Crippen molar-refractivity contribution in [3.63, 3.8) is 0 Å². The first kappa shape index (κ1) is 12.5. The number of piperazine rings is 1. The van der Waals surface area contributed by atoms with E-state index in [1.165, 1.54) is 0 Å². The predicted molar refractivity (Wildman–Crippen MR) is 63.5 cm³/mol. The number of alkyl halides is 1. The fraction of sp³-hybridized carbons (Fsp3) is 0.545. The van der Waals surface area contributed by atoms with Crippen LogP contribution in [-0.2, 0) is 0 Å². The maximum absolute atomic E-state index is 13.5. The summed E-state index contributed by atoms with van der Waals surface area (Å²) in [6.07, 6.45) is 1.05. The molecule has 2 rings (SSSR count). The topological polar surface area (TPSA) is 19.4 Å². The van der Waals surface area contributed by atoms with E-state index in [4.69, 9.17) is 11.6 Å². The van der Waals surface area contributed by atoms with E-state index < -0.39 is 11.6 Å². The summed E-state index contributed by atoms with van der Waals surface area (Å²) in [5.74, 6) is -0.414. The van der Waals surface area contributed by atoms with Gasteiger partial charge in [0.15, 0.2) is 11.6 Å². The standard InChI is InChI=1S/C11H14ClF2N3/c12-1-2-16-3-5-17(6-4-16)11-10(14)7-9(13)8-15-11/h7-8H,1-6H2. The molecule has 0 N–H and O–H groups in total. The largest absolute Gasteiger partial charge is 0.352 e. The average Bonchev–Trinajstić information content (AvgIpc) is 2.31. The van der Waals surface area contributed by atoms with Crippen molar-refractivity contribution in [1.82, 2.24) is 9.88 Å². The Balaban J connectivity index is 2.00. The molecule has 0 amide bonds. The molecule has 94 valence electrons. The minimum absolute atomic E-state index is 0.233. The number of hydrogen-bond acceptors (Lipinski definition) is 3. The van der Waals surface area contributed by atoms with Crippen LogP contribution < -0.4 is 4.90 Å². The molecule has 0 unspecified atom stereocenters. The van der Waals surface area contributed by atoms with Gasteiger partial charge in [0.05, 0.1) is 6.20 Å². The van der Waals surface area contributed by atoms with Crippen LogP contribution in [0.3, 0.4) is 0 Å². The number of nitrogens with zero attached hydrogens (tertiary/aromatic N) is 3. The number of hydrogen-bond donors (Lipinski definition) is 0. The smallest absolute Gasteiger partial charge is 0.168 e. The molecule has 0 aliphatic carbocycles. The molecule has 6 heteroatoms. The van der Waals surface area contributed by atoms with Gasteiger partial charge in [-0.15, -0.1) is 11.6 Å². The van der Waals surface area contributed by atoms with Gasteiger partial charge in [0.2, 0.25) is 0 Å². The third-order valence-electron chi connectivity index (χ3n) is 2.86. The summed E-state index contributed by atoms with van der Waals surface area (Å²) < 4.78 is 26.2. The SMILES string of the molecule is Fc1cnc(N2CCN(CCCl)CC2)c(F)c1. The Bertz CT molecular complexity index is 381. The Hall–Kier alpha value is -0.940. The van der Waals surface area contributed by atoms with Gasteiger partial charge in [-0.1, -0.05) is 0 Å². The maximum atomic E-state index is 13.5. The molecule has 0 spiro atoms. The second-order valence-corrected chi connectivity index (χ2v) is 4.35. The lowest BCUT2D eigenvalue weighted by atomic mass is 10.3. The molecule has 1 aliphatic rings. The predicted octanol–water partition coefficient (Wildman–Crippen LogP) is 1.72. The summed E-state index contributed by atoms with van der Waals surface area (Å²) in [6, 6.07) is 0.869. The maximum Gasteiger partial charge on any atom is 0.168 e. The van der Waals surface area contributed by atoms with Gasteiger partial charge in [-0.3, -0.25) is 4.90 Å². The Morgan fingerprint density at radius 3 is 2.53 bits per heavy atom. The second-order valence-electron chi connectivity index (χ2n) is 3.98. The van der Waals surface area contributed by atoms with Crippen molar-refractivity contribution < 1.29 is 8.78 Å². The number of halogens is 3. The minimum atomic E-state index is -0.646. The highest BCUT2D eigenvalue weighted by molar-refractivity contribution is 6.18. The molecule has 0 radical (unpaired) electrons. The highest BCUT2D eigenvalue weighted by atomic mass is 35.5. The lowest BCUT2D eigenvalue weighted by Crippen LogP contribution is -2.47. The number of pyridine rings is 1. The van der Waals surface area contributed by atoms with Crippen LogP contribution in [0.5, 0.6) is 0 Å². The Kier molecular flexibility index (Phi) is 4.12. The number of anilines is 1. The lowest BCUT2D eigenvalue weighted by molar-refractivity contribution is 0.271. The highest BCUT2D eigenvalue weighted by Crippen LogP contribution is 2.18. The summed E-state index contributed by atoms with van der Waals surface area (Å²) in [6.45, 7) is 3.87. The van der Waals surface area contributed by atoms with Crippen LogP contribution in [-0.4, -0.2) is 48.5 Å². The fourth-order valence-electron chi connectivity index (χ4n) is 1.94. The molecule has 1 aromatic heterocycles. The first-order valence-corrected chi connectivity index (χ1v) is 6.08. The van der Waals surface area contributed by atoms with Crippen LogP contribution in [0.15, 0.2) is 12.3 Å². The van der Waals surface area contributed by atoms with E-state index in [0.717, 1.165) is 31.9 Å². The molecule has 0 bridgehead atoms. The summed E-state index contributed by atoms with van der Waals surface area (Å²) in [4.78, 5) is 7.85. The molecule has 3 nitrogen and oxygen atoms in total. The zero-order chi connectivity index (χ0) is 12.3. The number of aromatic nitrogens is 1. The van der Waals surface area contributed by atoms with Crippen LogP contribution in [0.4, 0.5) is 14.6 Å². The van der Waals surface area contributed by atoms with E-state index in [1.54, 1.807) is 0 Å². The van der Waals surface area contributed by atoms with Crippen molar-refractivity contribution in [2.24, 2.45) is 0 Å². The molecule has 0 saturated carbocycles. The van der Waals surface area contributed by atoms with Gasteiger partial charge in [-0.05, 0) is 0 Å². The molecule has 1 aromatic rings. The Labute approximate surface area is 104 Å². The van der Waals surface area contributed by atoms with Gasteiger partial charge < -0.3 is 4.90 Å². The molecular weight excluding hydrogens is 248 g/mol. The zero-order valence-electron chi connectivity index (χ0n) is 9.37. The van der Waals surface area contributed by atoms with Crippen LogP contribution in [0.2, 0.25) is 0 Å². The molecule has 1 fully saturated rings. The molecule has 2 heterocycles. The van der Waals surface area contributed by atoms with Gasteiger partial charge in [-0.2, -0.15) is 0 Å². The van der Waals surface area contributed by atoms with Crippen LogP contribution in [0, 0.1) is 11.6 Å². The van der Waals surface area contributed by atoms with Gasteiger partial charge in [-0.25, -0.2) is 13.8 Å². The van der Waals surface area contributed by atoms with Crippen LogP contribution in [0.25, 0.3) is 0 Å². The molecule has 0 aromatic carbocycles. The van der Waals surface area contributed by atoms with Crippen molar-refractivity contribution in [2.45, 2.75) is 0 Å². The minimum Gasteiger partial charge on any atom is -0.352 e. The van der Waals surface area contributed by atoms with Crippen molar-refractivity contribution in [3.05, 3.63) is 23.9 Å². The summed E-state index contributed by atoms with van der Waals surface area (Å²) >= 11 is 5.66. The van der Waals surface area contributed by atoms with Crippen molar-refractivity contribution >= 4 is 17.4 Å². The first-order chi connectivity index (χ1) is 8.20. The van der Waals surface area contributed by atoms with E-state index in [0.29, 0.717) is 19.0 Å². The summed E-state index contributed by atoms with van der Waals surface area (Å²) in [5, 5.41) is 0. The van der Waals surface area contributed by atoms with Gasteiger partial charge in [0, 0.05) is 44.7 Å². The van der Waals surface area contributed by atoms with E-state index in [9.17, 15) is 8.78 Å². The molecule has 1 aliphatic heterocycles. The van der Waals surface area contributed by atoms with E-state index in [2.05, 4.69) is 9.88 Å². The Morgan fingerprint density at radius 1 is 1.24 bits per heavy atom. The summed E-state index contributed by atoms with van der Waals surface area (Å²) in [7, 11) is 0. The molecule has 1 saturated heterocycles. The fourth-order valence-corrected chi connectivity index (χ4v) is 2.18. The normalized spacial score (nSPS) is 17.5. The third-order valence-corrected chi connectivity index (χ3v) is 3.03. The summed E-state index contributed by atoms with van der Waals surface area (Å²) in [5.41, 5.74) is 0.